The lowest BCUT2D eigenvalue weighted by atomic mass is 9.81. The maximum Gasteiger partial charge on any atom is 0.230 e. The zero-order chi connectivity index (χ0) is 12.5. The van der Waals surface area contributed by atoms with Crippen molar-refractivity contribution in [2.45, 2.75) is 65.0 Å². The molecule has 3 heteroatoms. The molecule has 17 heavy (non-hydrogen) atoms. The first-order chi connectivity index (χ1) is 8.10. The number of carbonyl (C=O) groups excluding carboxylic acids is 1. The molecule has 0 aromatic rings. The van der Waals surface area contributed by atoms with Crippen LogP contribution in [0.25, 0.3) is 0 Å². The van der Waals surface area contributed by atoms with Gasteiger partial charge in [-0.05, 0) is 52.5 Å². The van der Waals surface area contributed by atoms with Gasteiger partial charge in [-0.3, -0.25) is 4.79 Å². The standard InChI is InChI=1S/C14H26N2O/c1-4-14(8-9-15-10-14)13(17)16-11(2)6-5-7-12(16)3/h11-12,15H,4-10H2,1-3H3/t11-,12+,14?. The maximum absolute atomic E-state index is 12.9. The van der Waals surface area contributed by atoms with Crippen LogP contribution in [0.2, 0.25) is 0 Å². The van der Waals surface area contributed by atoms with E-state index in [-0.39, 0.29) is 5.41 Å². The van der Waals surface area contributed by atoms with Gasteiger partial charge >= 0.3 is 0 Å². The first kappa shape index (κ1) is 12.9. The molecule has 0 aliphatic carbocycles. The molecule has 2 aliphatic rings. The molecule has 0 spiro atoms. The van der Waals surface area contributed by atoms with Gasteiger partial charge in [0.05, 0.1) is 5.41 Å². The molecule has 1 amide bonds. The fourth-order valence-corrected chi connectivity index (χ4v) is 3.47. The molecule has 3 nitrogen and oxygen atoms in total. The molecule has 2 aliphatic heterocycles. The van der Waals surface area contributed by atoms with E-state index < -0.39 is 0 Å². The third-order valence-electron chi connectivity index (χ3n) is 4.80. The number of piperidine rings is 1. The Balaban J connectivity index is 2.16. The number of carbonyl (C=O) groups is 1. The molecule has 2 fully saturated rings. The number of hydrogen-bond donors (Lipinski definition) is 1. The Labute approximate surface area is 105 Å². The lowest BCUT2D eigenvalue weighted by molar-refractivity contribution is -0.147. The summed E-state index contributed by atoms with van der Waals surface area (Å²) in [5.41, 5.74) is -0.111. The minimum absolute atomic E-state index is 0.111. The lowest BCUT2D eigenvalue weighted by Crippen LogP contribution is -2.54. The fourth-order valence-electron chi connectivity index (χ4n) is 3.47. The van der Waals surface area contributed by atoms with Crippen molar-refractivity contribution in [2.75, 3.05) is 13.1 Å². The summed E-state index contributed by atoms with van der Waals surface area (Å²) in [5.74, 6) is 0.407. The lowest BCUT2D eigenvalue weighted by Gasteiger charge is -2.43. The Bertz CT molecular complexity index is 274. The third kappa shape index (κ3) is 2.22. The van der Waals surface area contributed by atoms with Crippen molar-refractivity contribution in [3.8, 4) is 0 Å². The van der Waals surface area contributed by atoms with Crippen LogP contribution in [0.3, 0.4) is 0 Å². The number of likely N-dealkylation sites (tertiary alicyclic amines) is 1. The van der Waals surface area contributed by atoms with Crippen molar-refractivity contribution in [1.82, 2.24) is 10.2 Å². The van der Waals surface area contributed by atoms with Gasteiger partial charge in [-0.2, -0.15) is 0 Å². The van der Waals surface area contributed by atoms with Crippen molar-refractivity contribution in [1.29, 1.82) is 0 Å². The van der Waals surface area contributed by atoms with Crippen molar-refractivity contribution >= 4 is 5.91 Å². The van der Waals surface area contributed by atoms with Crippen LogP contribution < -0.4 is 5.32 Å². The average molecular weight is 238 g/mol. The molecule has 2 rings (SSSR count). The van der Waals surface area contributed by atoms with Crippen LogP contribution in [0, 0.1) is 5.41 Å². The van der Waals surface area contributed by atoms with Crippen molar-refractivity contribution in [3.63, 3.8) is 0 Å². The minimum Gasteiger partial charge on any atom is -0.337 e. The molecule has 0 bridgehead atoms. The number of nitrogens with zero attached hydrogens (tertiary/aromatic N) is 1. The predicted molar refractivity (Wildman–Crippen MR) is 69.8 cm³/mol. The Hall–Kier alpha value is -0.570. The molecule has 1 N–H and O–H groups in total. The molecule has 0 radical (unpaired) electrons. The Morgan fingerprint density at radius 3 is 2.47 bits per heavy atom. The Kier molecular flexibility index (Phi) is 3.76. The van der Waals surface area contributed by atoms with Gasteiger partial charge in [0.2, 0.25) is 5.91 Å². The zero-order valence-corrected chi connectivity index (χ0v) is 11.5. The summed E-state index contributed by atoms with van der Waals surface area (Å²) in [5, 5.41) is 3.37. The number of amides is 1. The highest BCUT2D eigenvalue weighted by Gasteiger charge is 2.44. The van der Waals surface area contributed by atoms with E-state index in [1.165, 1.54) is 19.3 Å². The van der Waals surface area contributed by atoms with E-state index in [2.05, 4.69) is 31.0 Å². The topological polar surface area (TPSA) is 32.3 Å². The van der Waals surface area contributed by atoms with Crippen LogP contribution in [0.1, 0.15) is 52.9 Å². The highest BCUT2D eigenvalue weighted by molar-refractivity contribution is 5.84. The summed E-state index contributed by atoms with van der Waals surface area (Å²) in [6, 6.07) is 0.852. The second-order valence-electron chi connectivity index (χ2n) is 5.90. The van der Waals surface area contributed by atoms with Crippen LogP contribution in [0.5, 0.6) is 0 Å². The molecule has 98 valence electrons. The van der Waals surface area contributed by atoms with Crippen molar-refractivity contribution < 1.29 is 4.79 Å². The molecule has 0 aromatic carbocycles. The Morgan fingerprint density at radius 2 is 2.00 bits per heavy atom. The summed E-state index contributed by atoms with van der Waals surface area (Å²) in [7, 11) is 0. The summed E-state index contributed by atoms with van der Waals surface area (Å²) in [4.78, 5) is 15.0. The first-order valence-electron chi connectivity index (χ1n) is 7.14. The maximum atomic E-state index is 12.9. The molecule has 0 aromatic heterocycles. The molecule has 2 saturated heterocycles. The molecule has 1 unspecified atom stereocenters. The smallest absolute Gasteiger partial charge is 0.230 e. The van der Waals surface area contributed by atoms with Crippen LogP contribution in [0.4, 0.5) is 0 Å². The largest absolute Gasteiger partial charge is 0.337 e. The van der Waals surface area contributed by atoms with Gasteiger partial charge in [-0.25, -0.2) is 0 Å². The SMILES string of the molecule is CCC1(C(=O)N2[C@H](C)CCC[C@@H]2C)CCNC1. The van der Waals surface area contributed by atoms with Crippen molar-refractivity contribution in [3.05, 3.63) is 0 Å². The van der Waals surface area contributed by atoms with Crippen LogP contribution in [-0.4, -0.2) is 36.0 Å². The van der Waals surface area contributed by atoms with Gasteiger partial charge < -0.3 is 10.2 Å². The van der Waals surface area contributed by atoms with E-state index in [1.807, 2.05) is 0 Å². The summed E-state index contributed by atoms with van der Waals surface area (Å²) in [6.45, 7) is 8.44. The first-order valence-corrected chi connectivity index (χ1v) is 7.14. The fraction of sp³-hybridized carbons (Fsp3) is 0.929. The zero-order valence-electron chi connectivity index (χ0n) is 11.5. The normalized spacial score (nSPS) is 38.4. The Morgan fingerprint density at radius 1 is 1.35 bits per heavy atom. The highest BCUT2D eigenvalue weighted by Crippen LogP contribution is 2.35. The van der Waals surface area contributed by atoms with Gasteiger partial charge in [0.1, 0.15) is 0 Å². The molecule has 0 saturated carbocycles. The van der Waals surface area contributed by atoms with E-state index in [0.717, 1.165) is 25.9 Å². The molecular formula is C14H26N2O. The summed E-state index contributed by atoms with van der Waals surface area (Å²) >= 11 is 0. The average Bonchev–Trinajstić information content (AvgIpc) is 2.78. The second-order valence-corrected chi connectivity index (χ2v) is 5.90. The monoisotopic (exact) mass is 238 g/mol. The van der Waals surface area contributed by atoms with E-state index >= 15 is 0 Å². The number of nitrogens with one attached hydrogen (secondary N) is 1. The molecule has 3 atom stereocenters. The summed E-state index contributed by atoms with van der Waals surface area (Å²) < 4.78 is 0. The second kappa shape index (κ2) is 4.97. The quantitative estimate of drug-likeness (QED) is 0.799. The van der Waals surface area contributed by atoms with Gasteiger partial charge in [0.15, 0.2) is 0 Å². The van der Waals surface area contributed by atoms with Gasteiger partial charge in [0.25, 0.3) is 0 Å². The van der Waals surface area contributed by atoms with E-state index in [1.54, 1.807) is 0 Å². The highest BCUT2D eigenvalue weighted by atomic mass is 16.2. The van der Waals surface area contributed by atoms with Crippen molar-refractivity contribution in [2.24, 2.45) is 5.41 Å². The number of hydrogen-bond acceptors (Lipinski definition) is 2. The summed E-state index contributed by atoms with van der Waals surface area (Å²) in [6.07, 6.45) is 5.59. The van der Waals surface area contributed by atoms with Crippen LogP contribution >= 0.6 is 0 Å². The van der Waals surface area contributed by atoms with Crippen LogP contribution in [0.15, 0.2) is 0 Å². The molecule has 2 heterocycles. The van der Waals surface area contributed by atoms with E-state index in [0.29, 0.717) is 18.0 Å². The van der Waals surface area contributed by atoms with Gasteiger partial charge in [-0.15, -0.1) is 0 Å². The van der Waals surface area contributed by atoms with E-state index in [9.17, 15) is 4.79 Å². The predicted octanol–water partition coefficient (Wildman–Crippen LogP) is 2.17. The third-order valence-corrected chi connectivity index (χ3v) is 4.80. The van der Waals surface area contributed by atoms with Crippen LogP contribution in [-0.2, 0) is 4.79 Å². The van der Waals surface area contributed by atoms with Gasteiger partial charge in [-0.1, -0.05) is 6.92 Å². The van der Waals surface area contributed by atoms with Gasteiger partial charge in [0, 0.05) is 18.6 Å². The molecular weight excluding hydrogens is 212 g/mol. The van der Waals surface area contributed by atoms with E-state index in [4.69, 9.17) is 0 Å². The number of rotatable bonds is 2. The minimum atomic E-state index is -0.111.